The van der Waals surface area contributed by atoms with Gasteiger partial charge >= 0.3 is 6.09 Å². The first-order valence-corrected chi connectivity index (χ1v) is 10.5. The standard InChI is InChI=1S/C22H25BrFNO4/c1-2-20(15-3-7-17(23)8-4-15)25-12-11-22(29-21(25)28,13-19(27)14-26)16-5-9-18(24)10-6-16/h3-10,19-20,26-27H,2,11-14H2,1H3/t19-,20-,22-/m0/s1. The van der Waals surface area contributed by atoms with E-state index in [1.165, 1.54) is 12.1 Å². The summed E-state index contributed by atoms with van der Waals surface area (Å²) in [7, 11) is 0. The molecule has 0 radical (unpaired) electrons. The Balaban J connectivity index is 1.87. The quantitative estimate of drug-likeness (QED) is 0.630. The van der Waals surface area contributed by atoms with Crippen LogP contribution in [0.15, 0.2) is 53.0 Å². The average Bonchev–Trinajstić information content (AvgIpc) is 2.71. The molecule has 2 aromatic rings. The topological polar surface area (TPSA) is 70.0 Å². The van der Waals surface area contributed by atoms with Crippen LogP contribution in [-0.2, 0) is 10.3 Å². The third-order valence-electron chi connectivity index (χ3n) is 5.44. The van der Waals surface area contributed by atoms with Crippen molar-refractivity contribution >= 4 is 22.0 Å². The maximum Gasteiger partial charge on any atom is 0.411 e. The zero-order valence-electron chi connectivity index (χ0n) is 16.2. The maximum atomic E-state index is 13.4. The van der Waals surface area contributed by atoms with Gasteiger partial charge in [-0.25, -0.2) is 9.18 Å². The van der Waals surface area contributed by atoms with Gasteiger partial charge in [0.25, 0.3) is 0 Å². The monoisotopic (exact) mass is 465 g/mol. The first kappa shape index (κ1) is 21.7. The Hall–Kier alpha value is -1.96. The highest BCUT2D eigenvalue weighted by atomic mass is 79.9. The predicted molar refractivity (Wildman–Crippen MR) is 111 cm³/mol. The van der Waals surface area contributed by atoms with Crippen molar-refractivity contribution in [1.29, 1.82) is 0 Å². The first-order chi connectivity index (χ1) is 13.9. The fourth-order valence-electron chi connectivity index (χ4n) is 3.94. The number of carbonyl (C=O) groups is 1. The number of hydrogen-bond donors (Lipinski definition) is 2. The molecular weight excluding hydrogens is 441 g/mol. The van der Waals surface area contributed by atoms with Gasteiger partial charge in [-0.2, -0.15) is 0 Å². The predicted octanol–water partition coefficient (Wildman–Crippen LogP) is 4.52. The maximum absolute atomic E-state index is 13.4. The third-order valence-corrected chi connectivity index (χ3v) is 5.97. The van der Waals surface area contributed by atoms with Crippen LogP contribution in [-0.4, -0.2) is 40.5 Å². The second kappa shape index (κ2) is 9.24. The van der Waals surface area contributed by atoms with E-state index in [2.05, 4.69) is 15.9 Å². The van der Waals surface area contributed by atoms with Crippen LogP contribution < -0.4 is 0 Å². The van der Waals surface area contributed by atoms with Gasteiger partial charge in [-0.1, -0.05) is 47.1 Å². The molecule has 2 N–H and O–H groups in total. The van der Waals surface area contributed by atoms with Crippen molar-refractivity contribution in [2.75, 3.05) is 13.2 Å². The molecule has 0 aliphatic carbocycles. The van der Waals surface area contributed by atoms with Gasteiger partial charge < -0.3 is 19.8 Å². The van der Waals surface area contributed by atoms with Crippen LogP contribution in [0.4, 0.5) is 9.18 Å². The van der Waals surface area contributed by atoms with E-state index in [-0.39, 0.29) is 12.5 Å². The van der Waals surface area contributed by atoms with Gasteiger partial charge in [0.05, 0.1) is 18.8 Å². The SMILES string of the molecule is CC[C@@H](c1ccc(Br)cc1)N1CC[C@](C[C@H](O)CO)(c2ccc(F)cc2)OC1=O. The molecule has 1 amide bonds. The van der Waals surface area contributed by atoms with E-state index in [4.69, 9.17) is 4.74 Å². The van der Waals surface area contributed by atoms with Crippen LogP contribution in [0.25, 0.3) is 0 Å². The van der Waals surface area contributed by atoms with Crippen LogP contribution in [0.1, 0.15) is 43.4 Å². The molecule has 2 aromatic carbocycles. The normalized spacial score (nSPS) is 21.6. The van der Waals surface area contributed by atoms with Crippen molar-refractivity contribution in [1.82, 2.24) is 4.90 Å². The molecule has 3 atom stereocenters. The Morgan fingerprint density at radius 1 is 1.21 bits per heavy atom. The van der Waals surface area contributed by atoms with Gasteiger partial charge in [0.1, 0.15) is 11.4 Å². The molecule has 1 aliphatic rings. The lowest BCUT2D eigenvalue weighted by molar-refractivity contribution is -0.0905. The van der Waals surface area contributed by atoms with E-state index < -0.39 is 30.2 Å². The molecule has 0 saturated carbocycles. The summed E-state index contributed by atoms with van der Waals surface area (Å²) in [6.45, 7) is 1.99. The summed E-state index contributed by atoms with van der Waals surface area (Å²) in [5.74, 6) is -0.392. The number of ether oxygens (including phenoxy) is 1. The van der Waals surface area contributed by atoms with E-state index in [9.17, 15) is 19.4 Å². The van der Waals surface area contributed by atoms with E-state index in [0.717, 1.165) is 16.5 Å². The van der Waals surface area contributed by atoms with Crippen molar-refractivity contribution in [3.05, 3.63) is 69.9 Å². The minimum atomic E-state index is -1.11. The number of hydrogen-bond acceptors (Lipinski definition) is 4. The molecule has 7 heteroatoms. The summed E-state index contributed by atoms with van der Waals surface area (Å²) < 4.78 is 20.3. The summed E-state index contributed by atoms with van der Waals surface area (Å²) in [5, 5.41) is 19.4. The molecule has 5 nitrogen and oxygen atoms in total. The summed E-state index contributed by atoms with van der Waals surface area (Å²) >= 11 is 3.42. The lowest BCUT2D eigenvalue weighted by Gasteiger charge is -2.44. The van der Waals surface area contributed by atoms with E-state index >= 15 is 0 Å². The number of rotatable bonds is 7. The molecule has 3 rings (SSSR count). The van der Waals surface area contributed by atoms with Crippen molar-refractivity contribution in [3.8, 4) is 0 Å². The Bertz CT molecular complexity index is 830. The highest BCUT2D eigenvalue weighted by molar-refractivity contribution is 9.10. The van der Waals surface area contributed by atoms with E-state index in [1.54, 1.807) is 17.0 Å². The second-order valence-electron chi connectivity index (χ2n) is 7.33. The minimum absolute atomic E-state index is 0.0454. The van der Waals surface area contributed by atoms with Gasteiger partial charge in [0.2, 0.25) is 0 Å². The summed E-state index contributed by atoms with van der Waals surface area (Å²) in [5.41, 5.74) is 0.509. The van der Waals surface area contributed by atoms with E-state index in [1.807, 2.05) is 31.2 Å². The van der Waals surface area contributed by atoms with Crippen molar-refractivity contribution in [3.63, 3.8) is 0 Å². The summed E-state index contributed by atoms with van der Waals surface area (Å²) in [6, 6.07) is 13.4. The molecule has 1 fully saturated rings. The number of aliphatic hydroxyl groups is 2. The average molecular weight is 466 g/mol. The Labute approximate surface area is 178 Å². The Morgan fingerprint density at radius 2 is 1.86 bits per heavy atom. The number of amides is 1. The van der Waals surface area contributed by atoms with E-state index in [0.29, 0.717) is 18.5 Å². The molecule has 1 saturated heterocycles. The molecule has 0 bridgehead atoms. The van der Waals surface area contributed by atoms with Gasteiger partial charge in [0, 0.05) is 23.9 Å². The number of aliphatic hydroxyl groups excluding tert-OH is 2. The van der Waals surface area contributed by atoms with Crippen LogP contribution in [0.3, 0.4) is 0 Å². The fourth-order valence-corrected chi connectivity index (χ4v) is 4.20. The van der Waals surface area contributed by atoms with Crippen LogP contribution in [0.5, 0.6) is 0 Å². The second-order valence-corrected chi connectivity index (χ2v) is 8.24. The molecular formula is C22H25BrFNO4. The van der Waals surface area contributed by atoms with Crippen molar-refractivity contribution in [2.45, 2.75) is 43.9 Å². The zero-order valence-corrected chi connectivity index (χ0v) is 17.8. The van der Waals surface area contributed by atoms with Crippen LogP contribution in [0, 0.1) is 5.82 Å². The Morgan fingerprint density at radius 3 is 2.41 bits per heavy atom. The Kier molecular flexibility index (Phi) is 6.93. The number of benzene rings is 2. The largest absolute Gasteiger partial charge is 0.438 e. The highest BCUT2D eigenvalue weighted by Gasteiger charge is 2.45. The van der Waals surface area contributed by atoms with Gasteiger partial charge in [-0.05, 0) is 41.8 Å². The summed E-state index contributed by atoms with van der Waals surface area (Å²) in [6.07, 6.45) is -0.342. The molecule has 156 valence electrons. The number of carbonyl (C=O) groups excluding carboxylic acids is 1. The minimum Gasteiger partial charge on any atom is -0.438 e. The molecule has 0 unspecified atom stereocenters. The van der Waals surface area contributed by atoms with Crippen molar-refractivity contribution in [2.24, 2.45) is 0 Å². The number of halogens is 2. The van der Waals surface area contributed by atoms with Gasteiger partial charge in [-0.15, -0.1) is 0 Å². The summed E-state index contributed by atoms with van der Waals surface area (Å²) in [4.78, 5) is 14.7. The molecule has 29 heavy (non-hydrogen) atoms. The number of cyclic esters (lactones) is 1. The molecule has 0 aromatic heterocycles. The lowest BCUT2D eigenvalue weighted by Crippen LogP contribution is -2.50. The number of nitrogens with zero attached hydrogens (tertiary/aromatic N) is 1. The van der Waals surface area contributed by atoms with Gasteiger partial charge in [0.15, 0.2) is 0 Å². The smallest absolute Gasteiger partial charge is 0.411 e. The lowest BCUT2D eigenvalue weighted by atomic mass is 9.83. The van der Waals surface area contributed by atoms with Crippen LogP contribution in [0.2, 0.25) is 0 Å². The zero-order chi connectivity index (χ0) is 21.0. The third kappa shape index (κ3) is 4.79. The first-order valence-electron chi connectivity index (χ1n) is 9.68. The van der Waals surface area contributed by atoms with Crippen molar-refractivity contribution < 1.29 is 24.1 Å². The van der Waals surface area contributed by atoms with Gasteiger partial charge in [-0.3, -0.25) is 0 Å². The fraction of sp³-hybridized carbons (Fsp3) is 0.409. The van der Waals surface area contributed by atoms with Crippen LogP contribution >= 0.6 is 15.9 Å². The highest BCUT2D eigenvalue weighted by Crippen LogP contribution is 2.41. The molecule has 1 heterocycles. The molecule has 1 aliphatic heterocycles. The molecule has 0 spiro atoms.